The van der Waals surface area contributed by atoms with Crippen LogP contribution in [0.15, 0.2) is 78.9 Å². The summed E-state index contributed by atoms with van der Waals surface area (Å²) in [5.74, 6) is 2.96. The Morgan fingerprint density at radius 1 is 0.571 bits per heavy atom. The molecule has 0 aliphatic rings. The molecule has 0 saturated heterocycles. The van der Waals surface area contributed by atoms with E-state index in [1.54, 1.807) is 0 Å². The quantitative estimate of drug-likeness (QED) is 0.674. The minimum absolute atomic E-state index is 0.692. The highest BCUT2D eigenvalue weighted by molar-refractivity contribution is 6.34. The lowest BCUT2D eigenvalue weighted by molar-refractivity contribution is 0.421. The molecule has 0 aliphatic heterocycles. The van der Waals surface area contributed by atoms with E-state index in [-0.39, 0.29) is 0 Å². The van der Waals surface area contributed by atoms with Gasteiger partial charge in [0.15, 0.2) is 27.8 Å². The van der Waals surface area contributed by atoms with E-state index in [4.69, 9.17) is 9.47 Å². The molecule has 21 heavy (non-hydrogen) atoms. The van der Waals surface area contributed by atoms with Crippen LogP contribution in [0, 0.1) is 0 Å². The summed E-state index contributed by atoms with van der Waals surface area (Å²) in [6.45, 7) is 0. The smallest absolute Gasteiger partial charge is 0.182 e. The van der Waals surface area contributed by atoms with Gasteiger partial charge < -0.3 is 9.47 Å². The molecule has 0 aliphatic carbocycles. The zero-order valence-electron chi connectivity index (χ0n) is 11.4. The number of rotatable bonds is 4. The third-order valence-electron chi connectivity index (χ3n) is 2.94. The van der Waals surface area contributed by atoms with Crippen molar-refractivity contribution in [1.29, 1.82) is 0 Å². The average Bonchev–Trinajstić information content (AvgIpc) is 2.53. The predicted molar refractivity (Wildman–Crippen MR) is 84.9 cm³/mol. The Morgan fingerprint density at radius 3 is 1.76 bits per heavy atom. The molecule has 100 valence electrons. The number of ether oxygens (including phenoxy) is 2. The molecule has 0 saturated carbocycles. The molecule has 0 fully saturated rings. The molecule has 2 radical (unpaired) electrons. The molecule has 3 heteroatoms. The molecule has 0 N–H and O–H groups in total. The molecule has 3 rings (SSSR count). The summed E-state index contributed by atoms with van der Waals surface area (Å²) in [4.78, 5) is 0. The van der Waals surface area contributed by atoms with Crippen molar-refractivity contribution in [2.75, 3.05) is 0 Å². The fourth-order valence-electron chi connectivity index (χ4n) is 1.94. The van der Waals surface area contributed by atoms with Crippen LogP contribution in [0.1, 0.15) is 0 Å². The molecule has 0 amide bonds. The van der Waals surface area contributed by atoms with Gasteiger partial charge >= 0.3 is 0 Å². The van der Waals surface area contributed by atoms with Crippen molar-refractivity contribution < 1.29 is 9.47 Å². The normalized spacial score (nSPS) is 10.1. The molecule has 0 spiro atoms. The van der Waals surface area contributed by atoms with Crippen LogP contribution in [-0.4, -0.2) is 16.3 Å². The fourth-order valence-corrected chi connectivity index (χ4v) is 2.26. The van der Waals surface area contributed by atoms with Crippen LogP contribution >= 0.6 is 0 Å². The second-order valence-electron chi connectivity index (χ2n) is 4.50. The second-order valence-corrected chi connectivity index (χ2v) is 5.13. The van der Waals surface area contributed by atoms with Gasteiger partial charge in [0.05, 0.1) is 0 Å². The average molecular weight is 288 g/mol. The summed E-state index contributed by atoms with van der Waals surface area (Å²) >= 11 is 2.68. The molecule has 0 atom stereocenters. The van der Waals surface area contributed by atoms with Crippen LogP contribution in [0.4, 0.5) is 0 Å². The first-order chi connectivity index (χ1) is 10.3. The topological polar surface area (TPSA) is 18.5 Å². The lowest BCUT2D eigenvalue weighted by Gasteiger charge is -2.15. The maximum Gasteiger partial charge on any atom is 0.182 e. The fraction of sp³-hybridized carbons (Fsp3) is 0. The maximum absolute atomic E-state index is 5.97. The number of hydrogen-bond acceptors (Lipinski definition) is 2. The number of benzene rings is 3. The molecule has 0 aromatic heterocycles. The van der Waals surface area contributed by atoms with Crippen molar-refractivity contribution in [3.8, 4) is 23.0 Å². The van der Waals surface area contributed by atoms with Crippen LogP contribution in [0.2, 0.25) is 0 Å². The standard InChI is InChI=1S/C18H13O2.Al/c1-3-9-15(10-4-1)19-17-13-7-8-14-18(17)20-16-11-5-2-6-12-16;/h1-13H;. The van der Waals surface area contributed by atoms with Gasteiger partial charge in [-0.1, -0.05) is 53.0 Å². The van der Waals surface area contributed by atoms with Crippen LogP contribution < -0.4 is 13.9 Å². The predicted octanol–water partition coefficient (Wildman–Crippen LogP) is 4.07. The minimum Gasteiger partial charge on any atom is -0.455 e. The van der Waals surface area contributed by atoms with Gasteiger partial charge in [0.2, 0.25) is 0 Å². The van der Waals surface area contributed by atoms with Crippen molar-refractivity contribution in [3.63, 3.8) is 0 Å². The highest BCUT2D eigenvalue weighted by atomic mass is 27.0. The first kappa shape index (κ1) is 13.8. The van der Waals surface area contributed by atoms with E-state index in [0.717, 1.165) is 15.9 Å². The Hall–Kier alpha value is -2.21. The van der Waals surface area contributed by atoms with Gasteiger partial charge in [-0.2, -0.15) is 0 Å². The van der Waals surface area contributed by atoms with Crippen molar-refractivity contribution in [3.05, 3.63) is 78.9 Å². The molecule has 3 aromatic carbocycles. The van der Waals surface area contributed by atoms with Gasteiger partial charge in [-0.25, -0.2) is 0 Å². The Bertz CT molecular complexity index is 712. The minimum atomic E-state index is 0.692. The van der Waals surface area contributed by atoms with Crippen molar-refractivity contribution in [2.24, 2.45) is 0 Å². The van der Waals surface area contributed by atoms with Crippen LogP contribution in [0.5, 0.6) is 23.0 Å². The second kappa shape index (κ2) is 6.50. The Morgan fingerprint density at radius 2 is 1.14 bits per heavy atom. The van der Waals surface area contributed by atoms with Crippen LogP contribution in [0.25, 0.3) is 0 Å². The monoisotopic (exact) mass is 288 g/mol. The summed E-state index contributed by atoms with van der Waals surface area (Å²) in [5.41, 5.74) is 0. The maximum atomic E-state index is 5.97. The number of para-hydroxylation sites is 3. The molecule has 0 unspecified atom stereocenters. The zero-order chi connectivity index (χ0) is 14.5. The molecule has 0 bridgehead atoms. The third-order valence-corrected chi connectivity index (χ3v) is 3.40. The van der Waals surface area contributed by atoms with Crippen molar-refractivity contribution >= 4 is 20.7 Å². The van der Waals surface area contributed by atoms with Gasteiger partial charge in [0.25, 0.3) is 0 Å². The van der Waals surface area contributed by atoms with E-state index < -0.39 is 0 Å². The summed E-state index contributed by atoms with van der Waals surface area (Å²) < 4.78 is 12.8. The highest BCUT2D eigenvalue weighted by Crippen LogP contribution is 2.32. The first-order valence-electron chi connectivity index (χ1n) is 6.67. The summed E-state index contributed by atoms with van der Waals surface area (Å²) in [6, 6.07) is 25.2. The largest absolute Gasteiger partial charge is 0.455 e. The van der Waals surface area contributed by atoms with E-state index in [1.165, 1.54) is 0 Å². The Labute approximate surface area is 132 Å². The van der Waals surface area contributed by atoms with E-state index in [0.29, 0.717) is 11.5 Å². The molecular weight excluding hydrogens is 275 g/mol. The Balaban J connectivity index is 1.92. The Kier molecular flexibility index (Phi) is 4.26. The third kappa shape index (κ3) is 3.46. The molecule has 2 nitrogen and oxygen atoms in total. The summed E-state index contributed by atoms with van der Waals surface area (Å²) in [6.07, 6.45) is 0. The number of hydrogen-bond donors (Lipinski definition) is 0. The van der Waals surface area contributed by atoms with E-state index in [9.17, 15) is 0 Å². The van der Waals surface area contributed by atoms with E-state index >= 15 is 0 Å². The molecular formula is C18H13AlO2. The first-order valence-corrected chi connectivity index (χ1v) is 7.25. The summed E-state index contributed by atoms with van der Waals surface area (Å²) in [5, 5.41) is 0. The van der Waals surface area contributed by atoms with E-state index in [1.807, 2.05) is 78.9 Å². The highest BCUT2D eigenvalue weighted by Gasteiger charge is 2.09. The molecule has 0 heterocycles. The van der Waals surface area contributed by atoms with Crippen molar-refractivity contribution in [2.45, 2.75) is 0 Å². The van der Waals surface area contributed by atoms with Gasteiger partial charge in [0.1, 0.15) is 11.5 Å². The lowest BCUT2D eigenvalue weighted by atomic mass is 10.3. The van der Waals surface area contributed by atoms with Gasteiger partial charge in [0, 0.05) is 0 Å². The van der Waals surface area contributed by atoms with Gasteiger partial charge in [-0.05, 0) is 30.3 Å². The SMILES string of the molecule is [Al][c]1cccc(Oc2ccccc2)c1Oc1ccccc1. The summed E-state index contributed by atoms with van der Waals surface area (Å²) in [7, 11) is 0. The van der Waals surface area contributed by atoms with Gasteiger partial charge in [-0.15, -0.1) is 0 Å². The van der Waals surface area contributed by atoms with E-state index in [2.05, 4.69) is 16.3 Å². The lowest BCUT2D eigenvalue weighted by Crippen LogP contribution is -2.07. The van der Waals surface area contributed by atoms with Crippen LogP contribution in [0.3, 0.4) is 0 Å². The zero-order valence-corrected chi connectivity index (χ0v) is 12.6. The van der Waals surface area contributed by atoms with Gasteiger partial charge in [-0.3, -0.25) is 0 Å². The van der Waals surface area contributed by atoms with Crippen molar-refractivity contribution in [1.82, 2.24) is 0 Å². The van der Waals surface area contributed by atoms with Crippen LogP contribution in [-0.2, 0) is 0 Å². The molecule has 3 aromatic rings.